The van der Waals surface area contributed by atoms with Crippen LogP contribution in [0.25, 0.3) is 5.69 Å². The Morgan fingerprint density at radius 1 is 1.16 bits per heavy atom. The van der Waals surface area contributed by atoms with Crippen molar-refractivity contribution in [2.24, 2.45) is 17.6 Å². The molecule has 7 heteroatoms. The quantitative estimate of drug-likeness (QED) is 0.889. The molecule has 2 fully saturated rings. The van der Waals surface area contributed by atoms with Crippen molar-refractivity contribution in [1.29, 1.82) is 0 Å². The van der Waals surface area contributed by atoms with Crippen LogP contribution < -0.4 is 11.3 Å². The zero-order valence-electron chi connectivity index (χ0n) is 13.6. The van der Waals surface area contributed by atoms with Crippen LogP contribution in [0.4, 0.5) is 4.39 Å². The fourth-order valence-electron chi connectivity index (χ4n) is 3.96. The molecule has 6 nitrogen and oxygen atoms in total. The van der Waals surface area contributed by atoms with E-state index in [9.17, 15) is 14.0 Å². The standard InChI is InChI=1S/C18H19FN4O2/c19-13-3-1-2-4-16(13)23-17(24)8-7-15(21-23)18(25)22-9-11-5-6-14(20)12(11)10-22/h1-4,7-8,11-12,14H,5-6,9-10,20H2. The summed E-state index contributed by atoms with van der Waals surface area (Å²) >= 11 is 0. The van der Waals surface area contributed by atoms with Gasteiger partial charge in [-0.05, 0) is 42.9 Å². The maximum atomic E-state index is 14.0. The number of para-hydroxylation sites is 1. The highest BCUT2D eigenvalue weighted by Gasteiger charge is 2.42. The summed E-state index contributed by atoms with van der Waals surface area (Å²) in [6, 6.07) is 8.64. The highest BCUT2D eigenvalue weighted by Crippen LogP contribution is 2.37. The minimum absolute atomic E-state index is 0.0301. The summed E-state index contributed by atoms with van der Waals surface area (Å²) in [7, 11) is 0. The van der Waals surface area contributed by atoms with Crippen LogP contribution in [0.5, 0.6) is 0 Å². The van der Waals surface area contributed by atoms with Gasteiger partial charge in [0.15, 0.2) is 0 Å². The van der Waals surface area contributed by atoms with Crippen LogP contribution in [0.1, 0.15) is 23.3 Å². The average molecular weight is 342 g/mol. The number of hydrogen-bond acceptors (Lipinski definition) is 4. The summed E-state index contributed by atoms with van der Waals surface area (Å²) in [5.74, 6) is -0.0343. The Balaban J connectivity index is 1.64. The fraction of sp³-hybridized carbons (Fsp3) is 0.389. The Hall–Kier alpha value is -2.54. The molecule has 3 unspecified atom stereocenters. The van der Waals surface area contributed by atoms with Crippen molar-refractivity contribution in [3.63, 3.8) is 0 Å². The van der Waals surface area contributed by atoms with Crippen LogP contribution in [-0.2, 0) is 0 Å². The maximum absolute atomic E-state index is 14.0. The van der Waals surface area contributed by atoms with E-state index >= 15 is 0 Å². The Kier molecular flexibility index (Phi) is 3.88. The number of carbonyl (C=O) groups is 1. The molecule has 2 aliphatic rings. The van der Waals surface area contributed by atoms with Crippen molar-refractivity contribution in [2.75, 3.05) is 13.1 Å². The van der Waals surface area contributed by atoms with Crippen LogP contribution in [0.15, 0.2) is 41.2 Å². The Morgan fingerprint density at radius 3 is 2.72 bits per heavy atom. The topological polar surface area (TPSA) is 81.2 Å². The molecule has 1 aromatic heterocycles. The molecule has 0 spiro atoms. The van der Waals surface area contributed by atoms with Gasteiger partial charge in [-0.15, -0.1) is 0 Å². The first-order valence-electron chi connectivity index (χ1n) is 8.45. The van der Waals surface area contributed by atoms with Gasteiger partial charge in [0, 0.05) is 25.2 Å². The third-order valence-electron chi connectivity index (χ3n) is 5.30. The van der Waals surface area contributed by atoms with Gasteiger partial charge in [-0.2, -0.15) is 9.78 Å². The smallest absolute Gasteiger partial charge is 0.274 e. The van der Waals surface area contributed by atoms with Crippen molar-refractivity contribution in [3.8, 4) is 5.69 Å². The van der Waals surface area contributed by atoms with E-state index in [2.05, 4.69) is 5.10 Å². The van der Waals surface area contributed by atoms with Gasteiger partial charge in [-0.25, -0.2) is 4.39 Å². The van der Waals surface area contributed by atoms with Gasteiger partial charge in [0.1, 0.15) is 17.2 Å². The molecule has 1 aromatic carbocycles. The molecule has 2 N–H and O–H groups in total. The summed E-state index contributed by atoms with van der Waals surface area (Å²) < 4.78 is 14.9. The van der Waals surface area contributed by atoms with Crippen molar-refractivity contribution < 1.29 is 9.18 Å². The minimum atomic E-state index is -0.566. The third-order valence-corrected chi connectivity index (χ3v) is 5.30. The largest absolute Gasteiger partial charge is 0.337 e. The number of nitrogens with zero attached hydrogens (tertiary/aromatic N) is 3. The van der Waals surface area contributed by atoms with Crippen LogP contribution in [0.3, 0.4) is 0 Å². The second-order valence-corrected chi connectivity index (χ2v) is 6.80. The van der Waals surface area contributed by atoms with Crippen LogP contribution in [0, 0.1) is 17.7 Å². The zero-order valence-corrected chi connectivity index (χ0v) is 13.6. The SMILES string of the molecule is NC1CCC2CN(C(=O)c3ccc(=O)n(-c4ccccc4F)n3)CC12. The van der Waals surface area contributed by atoms with Crippen molar-refractivity contribution in [3.05, 3.63) is 58.3 Å². The van der Waals surface area contributed by atoms with Gasteiger partial charge < -0.3 is 10.6 Å². The number of benzene rings is 1. The van der Waals surface area contributed by atoms with Crippen molar-refractivity contribution in [2.45, 2.75) is 18.9 Å². The van der Waals surface area contributed by atoms with Crippen LogP contribution in [-0.4, -0.2) is 39.7 Å². The summed E-state index contributed by atoms with van der Waals surface area (Å²) in [5.41, 5.74) is 5.80. The zero-order chi connectivity index (χ0) is 17.6. The number of rotatable bonds is 2. The first kappa shape index (κ1) is 16.0. The van der Waals surface area contributed by atoms with E-state index in [-0.39, 0.29) is 23.3 Å². The summed E-state index contributed by atoms with van der Waals surface area (Å²) in [4.78, 5) is 26.6. The predicted molar refractivity (Wildman–Crippen MR) is 89.9 cm³/mol. The minimum Gasteiger partial charge on any atom is -0.337 e. The predicted octanol–water partition coefficient (Wildman–Crippen LogP) is 1.18. The maximum Gasteiger partial charge on any atom is 0.274 e. The molecule has 1 saturated heterocycles. The average Bonchev–Trinajstić information content (AvgIpc) is 3.18. The number of carbonyl (C=O) groups excluding carboxylic acids is 1. The lowest BCUT2D eigenvalue weighted by Crippen LogP contribution is -2.35. The molecule has 1 saturated carbocycles. The van der Waals surface area contributed by atoms with Gasteiger partial charge in [-0.3, -0.25) is 9.59 Å². The lowest BCUT2D eigenvalue weighted by molar-refractivity contribution is 0.0771. The summed E-state index contributed by atoms with van der Waals surface area (Å²) in [5, 5.41) is 4.10. The lowest BCUT2D eigenvalue weighted by Gasteiger charge is -2.18. The van der Waals surface area contributed by atoms with E-state index in [0.717, 1.165) is 17.5 Å². The van der Waals surface area contributed by atoms with E-state index in [4.69, 9.17) is 5.73 Å². The van der Waals surface area contributed by atoms with Gasteiger partial charge in [0.05, 0.1) is 0 Å². The number of nitrogens with two attached hydrogens (primary N) is 1. The Morgan fingerprint density at radius 2 is 1.96 bits per heavy atom. The molecule has 3 atom stereocenters. The molecule has 25 heavy (non-hydrogen) atoms. The van der Waals surface area contributed by atoms with Gasteiger partial charge in [-0.1, -0.05) is 12.1 Å². The molecular formula is C18H19FN4O2. The molecule has 4 rings (SSSR count). The first-order chi connectivity index (χ1) is 12.0. The van der Waals surface area contributed by atoms with E-state index in [1.54, 1.807) is 11.0 Å². The molecule has 1 amide bonds. The van der Waals surface area contributed by atoms with E-state index in [0.29, 0.717) is 24.9 Å². The second-order valence-electron chi connectivity index (χ2n) is 6.80. The Bertz CT molecular complexity index is 881. The molecule has 2 aromatic rings. The van der Waals surface area contributed by atoms with Crippen LogP contribution >= 0.6 is 0 Å². The number of likely N-dealkylation sites (tertiary alicyclic amines) is 1. The molecular weight excluding hydrogens is 323 g/mol. The van der Waals surface area contributed by atoms with Gasteiger partial charge in [0.2, 0.25) is 0 Å². The Labute approximate surface area is 144 Å². The first-order valence-corrected chi connectivity index (χ1v) is 8.45. The number of halogens is 1. The molecule has 1 aliphatic carbocycles. The fourth-order valence-corrected chi connectivity index (χ4v) is 3.96. The molecule has 0 radical (unpaired) electrons. The number of fused-ring (bicyclic) bond motifs is 1. The second kappa shape index (κ2) is 6.07. The molecule has 2 heterocycles. The van der Waals surface area contributed by atoms with Gasteiger partial charge in [0.25, 0.3) is 11.5 Å². The lowest BCUT2D eigenvalue weighted by atomic mass is 9.98. The highest BCUT2D eigenvalue weighted by molar-refractivity contribution is 5.92. The normalized spacial score (nSPS) is 25.2. The van der Waals surface area contributed by atoms with Gasteiger partial charge >= 0.3 is 0 Å². The monoisotopic (exact) mass is 342 g/mol. The number of amides is 1. The number of aromatic nitrogens is 2. The van der Waals surface area contributed by atoms with E-state index < -0.39 is 11.4 Å². The third kappa shape index (κ3) is 2.74. The van der Waals surface area contributed by atoms with Crippen molar-refractivity contribution >= 4 is 5.91 Å². The molecule has 130 valence electrons. The van der Waals surface area contributed by atoms with E-state index in [1.807, 2.05) is 0 Å². The summed E-state index contributed by atoms with van der Waals surface area (Å²) in [6.45, 7) is 1.28. The summed E-state index contributed by atoms with van der Waals surface area (Å²) in [6.07, 6.45) is 2.05. The number of hydrogen-bond donors (Lipinski definition) is 1. The molecule has 1 aliphatic heterocycles. The van der Waals surface area contributed by atoms with E-state index in [1.165, 1.54) is 30.3 Å². The molecule has 0 bridgehead atoms. The van der Waals surface area contributed by atoms with Crippen LogP contribution in [0.2, 0.25) is 0 Å². The highest BCUT2D eigenvalue weighted by atomic mass is 19.1. The van der Waals surface area contributed by atoms with Crippen molar-refractivity contribution in [1.82, 2.24) is 14.7 Å².